The molecule has 0 atom stereocenters. The number of hydrogen-bond acceptors (Lipinski definition) is 7. The second-order valence-corrected chi connectivity index (χ2v) is 7.39. The molecule has 0 aliphatic carbocycles. The number of carbonyl (C=O) groups excluding carboxylic acids is 1. The zero-order chi connectivity index (χ0) is 16.2. The van der Waals surface area contributed by atoms with E-state index in [9.17, 15) is 4.79 Å². The van der Waals surface area contributed by atoms with Gasteiger partial charge in [-0.3, -0.25) is 4.79 Å². The maximum Gasteiger partial charge on any atom is 0.223 e. The largest absolute Gasteiger partial charge is 0.302 e. The lowest BCUT2D eigenvalue weighted by Gasteiger charge is -2.05. The fraction of sp³-hybridized carbons (Fsp3) is 0.286. The fourth-order valence-electron chi connectivity index (χ4n) is 1.99. The first-order valence-corrected chi connectivity index (χ1v) is 9.73. The minimum absolute atomic E-state index is 0.107. The molecule has 0 saturated carbocycles. The zero-order valence-electron chi connectivity index (χ0n) is 12.6. The second-order valence-electron chi connectivity index (χ2n) is 4.64. The minimum Gasteiger partial charge on any atom is -0.302 e. The molecule has 0 saturated heterocycles. The van der Waals surface area contributed by atoms with E-state index in [0.29, 0.717) is 10.9 Å². The van der Waals surface area contributed by atoms with E-state index in [0.717, 1.165) is 28.1 Å². The number of thiophene rings is 1. The van der Waals surface area contributed by atoms with Gasteiger partial charge in [-0.05, 0) is 18.4 Å². The number of thioether (sulfide) groups is 1. The van der Waals surface area contributed by atoms with E-state index in [4.69, 9.17) is 0 Å². The molecule has 23 heavy (non-hydrogen) atoms. The van der Waals surface area contributed by atoms with Gasteiger partial charge in [-0.25, -0.2) is 4.98 Å². The van der Waals surface area contributed by atoms with Crippen molar-refractivity contribution in [2.75, 3.05) is 5.32 Å². The Labute approximate surface area is 146 Å². The van der Waals surface area contributed by atoms with Crippen molar-refractivity contribution in [3.8, 4) is 10.7 Å². The summed E-state index contributed by atoms with van der Waals surface area (Å²) >= 11 is 4.69. The third kappa shape index (κ3) is 3.80. The molecule has 0 aliphatic heterocycles. The highest BCUT2D eigenvalue weighted by molar-refractivity contribution is 7.98. The molecule has 0 aromatic carbocycles. The van der Waals surface area contributed by atoms with Crippen molar-refractivity contribution in [3.05, 3.63) is 28.6 Å². The van der Waals surface area contributed by atoms with Crippen molar-refractivity contribution in [2.24, 2.45) is 0 Å². The molecule has 3 heterocycles. The summed E-state index contributed by atoms with van der Waals surface area (Å²) in [4.78, 5) is 16.5. The van der Waals surface area contributed by atoms with Gasteiger partial charge in [0.15, 0.2) is 16.1 Å². The number of aromatic nitrogens is 4. The molecule has 9 heteroatoms. The van der Waals surface area contributed by atoms with Crippen LogP contribution in [-0.4, -0.2) is 25.7 Å². The first kappa shape index (κ1) is 16.2. The van der Waals surface area contributed by atoms with Crippen LogP contribution in [0.25, 0.3) is 10.7 Å². The smallest absolute Gasteiger partial charge is 0.223 e. The Morgan fingerprint density at radius 2 is 2.26 bits per heavy atom. The Balaban J connectivity index is 1.71. The van der Waals surface area contributed by atoms with Crippen molar-refractivity contribution < 1.29 is 4.79 Å². The summed E-state index contributed by atoms with van der Waals surface area (Å²) in [5, 5.41) is 16.8. The highest BCUT2D eigenvalue weighted by Gasteiger charge is 2.14. The number of nitrogens with one attached hydrogen (secondary N) is 1. The summed E-state index contributed by atoms with van der Waals surface area (Å²) in [7, 11) is 0. The Morgan fingerprint density at radius 3 is 2.96 bits per heavy atom. The number of carbonyl (C=O) groups is 1. The quantitative estimate of drug-likeness (QED) is 0.674. The number of anilines is 1. The van der Waals surface area contributed by atoms with Gasteiger partial charge in [0, 0.05) is 24.6 Å². The van der Waals surface area contributed by atoms with Crippen LogP contribution in [0, 0.1) is 0 Å². The average molecular weight is 366 g/mol. The Morgan fingerprint density at radius 1 is 1.39 bits per heavy atom. The Kier molecular flexibility index (Phi) is 5.09. The number of thiazole rings is 1. The lowest BCUT2D eigenvalue weighted by atomic mass is 10.4. The molecule has 1 N–H and O–H groups in total. The predicted molar refractivity (Wildman–Crippen MR) is 95.0 cm³/mol. The molecule has 0 bridgehead atoms. The molecule has 3 aromatic rings. The number of rotatable bonds is 6. The molecule has 0 aliphatic rings. The van der Waals surface area contributed by atoms with E-state index >= 15 is 0 Å². The standard InChI is InChI=1S/C14H15N5OS3/c1-3-19-12(11-5-4-6-21-11)17-18-14(19)23-8-10-7-22-13(16-10)15-9(2)20/h4-7H,3,8H2,1-2H3,(H,15,16,20). The molecular weight excluding hydrogens is 350 g/mol. The van der Waals surface area contributed by atoms with Crippen molar-refractivity contribution in [1.29, 1.82) is 0 Å². The number of amides is 1. The Bertz CT molecular complexity index is 793. The third-order valence-corrected chi connectivity index (χ3v) is 5.63. The third-order valence-electron chi connectivity index (χ3n) is 2.96. The highest BCUT2D eigenvalue weighted by atomic mass is 32.2. The molecule has 120 valence electrons. The second kappa shape index (κ2) is 7.24. The van der Waals surface area contributed by atoms with Crippen LogP contribution in [0.1, 0.15) is 19.5 Å². The summed E-state index contributed by atoms with van der Waals surface area (Å²) < 4.78 is 2.11. The van der Waals surface area contributed by atoms with Gasteiger partial charge in [0.05, 0.1) is 10.6 Å². The van der Waals surface area contributed by atoms with Crippen LogP contribution in [-0.2, 0) is 17.1 Å². The van der Waals surface area contributed by atoms with Crippen LogP contribution in [0.4, 0.5) is 5.13 Å². The summed E-state index contributed by atoms with van der Waals surface area (Å²) in [5.74, 6) is 1.49. The monoisotopic (exact) mass is 365 g/mol. The molecule has 0 spiro atoms. The van der Waals surface area contributed by atoms with Gasteiger partial charge in [0.1, 0.15) is 0 Å². The minimum atomic E-state index is -0.107. The van der Waals surface area contributed by atoms with Crippen molar-refractivity contribution in [2.45, 2.75) is 31.3 Å². The molecule has 3 aromatic heterocycles. The summed E-state index contributed by atoms with van der Waals surface area (Å²) in [6.07, 6.45) is 0. The van der Waals surface area contributed by atoms with Gasteiger partial charge in [-0.2, -0.15) is 0 Å². The molecule has 6 nitrogen and oxygen atoms in total. The first-order valence-electron chi connectivity index (χ1n) is 6.99. The van der Waals surface area contributed by atoms with Crippen LogP contribution in [0.3, 0.4) is 0 Å². The van der Waals surface area contributed by atoms with E-state index in [1.807, 2.05) is 16.8 Å². The summed E-state index contributed by atoms with van der Waals surface area (Å²) in [5.41, 5.74) is 0.923. The van der Waals surface area contributed by atoms with Gasteiger partial charge in [-0.1, -0.05) is 17.8 Å². The molecular formula is C14H15N5OS3. The van der Waals surface area contributed by atoms with Crippen LogP contribution < -0.4 is 5.32 Å². The van der Waals surface area contributed by atoms with E-state index < -0.39 is 0 Å². The van der Waals surface area contributed by atoms with Crippen LogP contribution in [0.15, 0.2) is 28.0 Å². The number of hydrogen-bond donors (Lipinski definition) is 1. The van der Waals surface area contributed by atoms with Gasteiger partial charge in [-0.15, -0.1) is 32.9 Å². The molecule has 0 radical (unpaired) electrons. The maximum absolute atomic E-state index is 11.0. The SMILES string of the molecule is CCn1c(SCc2csc(NC(C)=O)n2)nnc1-c1cccs1. The van der Waals surface area contributed by atoms with E-state index in [1.54, 1.807) is 23.1 Å². The zero-order valence-corrected chi connectivity index (χ0v) is 15.1. The van der Waals surface area contributed by atoms with E-state index in [-0.39, 0.29) is 5.91 Å². The fourth-order valence-corrected chi connectivity index (χ4v) is 4.46. The molecule has 0 fully saturated rings. The average Bonchev–Trinajstić information content (AvgIpc) is 3.24. The number of nitrogens with zero attached hydrogens (tertiary/aromatic N) is 4. The van der Waals surface area contributed by atoms with Gasteiger partial charge in [0.2, 0.25) is 5.91 Å². The van der Waals surface area contributed by atoms with Gasteiger partial charge >= 0.3 is 0 Å². The van der Waals surface area contributed by atoms with Crippen molar-refractivity contribution in [3.63, 3.8) is 0 Å². The van der Waals surface area contributed by atoms with E-state index in [2.05, 4.69) is 38.1 Å². The summed E-state index contributed by atoms with van der Waals surface area (Å²) in [6, 6.07) is 4.07. The normalized spacial score (nSPS) is 10.9. The van der Waals surface area contributed by atoms with Crippen LogP contribution in [0.2, 0.25) is 0 Å². The maximum atomic E-state index is 11.0. The Hall–Kier alpha value is -1.71. The lowest BCUT2D eigenvalue weighted by molar-refractivity contribution is -0.114. The topological polar surface area (TPSA) is 72.7 Å². The first-order chi connectivity index (χ1) is 11.2. The van der Waals surface area contributed by atoms with Crippen molar-refractivity contribution in [1.82, 2.24) is 19.7 Å². The van der Waals surface area contributed by atoms with Gasteiger partial charge < -0.3 is 9.88 Å². The lowest BCUT2D eigenvalue weighted by Crippen LogP contribution is -2.05. The molecule has 3 rings (SSSR count). The van der Waals surface area contributed by atoms with Crippen molar-refractivity contribution >= 4 is 45.5 Å². The molecule has 1 amide bonds. The van der Waals surface area contributed by atoms with Crippen LogP contribution in [0.5, 0.6) is 0 Å². The van der Waals surface area contributed by atoms with E-state index in [1.165, 1.54) is 18.3 Å². The molecule has 0 unspecified atom stereocenters. The van der Waals surface area contributed by atoms with Gasteiger partial charge in [0.25, 0.3) is 0 Å². The summed E-state index contributed by atoms with van der Waals surface area (Å²) in [6.45, 7) is 4.38. The van der Waals surface area contributed by atoms with Crippen LogP contribution >= 0.6 is 34.4 Å². The highest BCUT2D eigenvalue weighted by Crippen LogP contribution is 2.29. The predicted octanol–water partition coefficient (Wildman–Crippen LogP) is 3.73.